The number of anilines is 2. The van der Waals surface area contributed by atoms with E-state index in [0.717, 1.165) is 38.1 Å². The van der Waals surface area contributed by atoms with E-state index in [-0.39, 0.29) is 11.4 Å². The summed E-state index contributed by atoms with van der Waals surface area (Å²) in [7, 11) is 1.42. The maximum Gasteiger partial charge on any atom is 0.433 e. The number of hydrogen-bond acceptors (Lipinski definition) is 6. The third kappa shape index (κ3) is 4.42. The Morgan fingerprint density at radius 2 is 1.97 bits per heavy atom. The molecule has 0 spiro atoms. The van der Waals surface area contributed by atoms with Crippen LogP contribution in [-0.4, -0.2) is 36.1 Å². The van der Waals surface area contributed by atoms with E-state index >= 15 is 0 Å². The molecule has 31 heavy (non-hydrogen) atoms. The van der Waals surface area contributed by atoms with Gasteiger partial charge in [0.05, 0.1) is 12.8 Å². The first-order valence-corrected chi connectivity index (χ1v) is 9.83. The van der Waals surface area contributed by atoms with Crippen LogP contribution in [0.25, 0.3) is 11.1 Å². The van der Waals surface area contributed by atoms with Crippen molar-refractivity contribution < 1.29 is 27.1 Å². The van der Waals surface area contributed by atoms with Crippen molar-refractivity contribution in [3.63, 3.8) is 0 Å². The van der Waals surface area contributed by atoms with Crippen LogP contribution in [0.3, 0.4) is 0 Å². The number of fused-ring (bicyclic) bond motifs is 1. The predicted octanol–water partition coefficient (Wildman–Crippen LogP) is 4.74. The number of nitrogens with one attached hydrogen (secondary N) is 1. The lowest BCUT2D eigenvalue weighted by Gasteiger charge is -2.28. The van der Waals surface area contributed by atoms with Crippen molar-refractivity contribution in [3.8, 4) is 5.75 Å². The molecule has 3 aromatic rings. The summed E-state index contributed by atoms with van der Waals surface area (Å²) < 4.78 is 49.9. The second-order valence-corrected chi connectivity index (χ2v) is 7.55. The molecule has 0 radical (unpaired) electrons. The van der Waals surface area contributed by atoms with E-state index in [0.29, 0.717) is 28.8 Å². The molecule has 0 unspecified atom stereocenters. The van der Waals surface area contributed by atoms with Crippen LogP contribution in [0, 0.1) is 5.92 Å². The van der Waals surface area contributed by atoms with Gasteiger partial charge in [-0.2, -0.15) is 18.2 Å². The van der Waals surface area contributed by atoms with Gasteiger partial charge in [0, 0.05) is 25.2 Å². The lowest BCUT2D eigenvalue weighted by Crippen LogP contribution is -2.32. The number of piperidine rings is 1. The number of methoxy groups -OCH3 is 1. The van der Waals surface area contributed by atoms with Gasteiger partial charge < -0.3 is 19.4 Å². The quantitative estimate of drug-likeness (QED) is 0.639. The number of benzene rings is 1. The van der Waals surface area contributed by atoms with Crippen molar-refractivity contribution in [2.45, 2.75) is 25.9 Å². The minimum Gasteiger partial charge on any atom is -0.494 e. The van der Waals surface area contributed by atoms with E-state index < -0.39 is 17.8 Å². The third-order valence-corrected chi connectivity index (χ3v) is 5.27. The lowest BCUT2D eigenvalue weighted by atomic mass is 10.00. The number of pyridine rings is 1. The van der Waals surface area contributed by atoms with Crippen molar-refractivity contribution in [1.82, 2.24) is 9.97 Å². The number of nitrogens with zero attached hydrogens (tertiary/aromatic N) is 3. The summed E-state index contributed by atoms with van der Waals surface area (Å²) in [5.74, 6) is 0.167. The van der Waals surface area contributed by atoms with Crippen LogP contribution in [0.5, 0.6) is 5.75 Å². The molecule has 2 aromatic heterocycles. The molecule has 1 amide bonds. The number of hydrogen-bond donors (Lipinski definition) is 1. The van der Waals surface area contributed by atoms with Gasteiger partial charge in [0.2, 0.25) is 0 Å². The van der Waals surface area contributed by atoms with Crippen LogP contribution in [0.4, 0.5) is 24.9 Å². The van der Waals surface area contributed by atoms with Crippen molar-refractivity contribution in [3.05, 3.63) is 41.7 Å². The molecule has 0 atom stereocenters. The molecule has 1 aliphatic rings. The minimum absolute atomic E-state index is 0.245. The zero-order chi connectivity index (χ0) is 22.2. The van der Waals surface area contributed by atoms with Gasteiger partial charge in [-0.15, -0.1) is 0 Å². The van der Waals surface area contributed by atoms with Crippen molar-refractivity contribution in [2.75, 3.05) is 30.4 Å². The molecule has 1 fully saturated rings. The molecular weight excluding hydrogens is 413 g/mol. The second kappa shape index (κ2) is 8.09. The fourth-order valence-electron chi connectivity index (χ4n) is 3.45. The van der Waals surface area contributed by atoms with Gasteiger partial charge >= 0.3 is 6.18 Å². The topological polar surface area (TPSA) is 80.5 Å². The Morgan fingerprint density at radius 3 is 2.65 bits per heavy atom. The van der Waals surface area contributed by atoms with Crippen LogP contribution in [0.1, 0.15) is 35.9 Å². The molecular formula is C21H21F3N4O3. The number of amides is 1. The number of carbonyl (C=O) groups is 1. The van der Waals surface area contributed by atoms with Crippen molar-refractivity contribution >= 4 is 28.7 Å². The van der Waals surface area contributed by atoms with Crippen LogP contribution in [0.2, 0.25) is 0 Å². The summed E-state index contributed by atoms with van der Waals surface area (Å²) >= 11 is 0. The molecule has 0 saturated carbocycles. The molecule has 4 rings (SSSR count). The molecule has 1 N–H and O–H groups in total. The summed E-state index contributed by atoms with van der Waals surface area (Å²) in [4.78, 5) is 22.5. The smallest absolute Gasteiger partial charge is 0.433 e. The Hall–Kier alpha value is -3.30. The fourth-order valence-corrected chi connectivity index (χ4v) is 3.45. The van der Waals surface area contributed by atoms with Crippen molar-refractivity contribution in [2.24, 2.45) is 5.92 Å². The summed E-state index contributed by atoms with van der Waals surface area (Å²) in [6, 6.07) is 6.80. The van der Waals surface area contributed by atoms with E-state index in [9.17, 15) is 18.0 Å². The number of carbonyl (C=O) groups excluding carboxylic acids is 1. The van der Waals surface area contributed by atoms with Gasteiger partial charge in [0.1, 0.15) is 22.7 Å². The number of rotatable bonds is 4. The molecule has 0 aliphatic carbocycles. The van der Waals surface area contributed by atoms with Crippen LogP contribution >= 0.6 is 0 Å². The van der Waals surface area contributed by atoms with E-state index in [1.807, 2.05) is 0 Å². The summed E-state index contributed by atoms with van der Waals surface area (Å²) in [5, 5.41) is 2.55. The molecule has 1 aromatic carbocycles. The lowest BCUT2D eigenvalue weighted by molar-refractivity contribution is -0.141. The van der Waals surface area contributed by atoms with Gasteiger partial charge in [-0.25, -0.2) is 4.98 Å². The largest absolute Gasteiger partial charge is 0.494 e. The molecule has 10 heteroatoms. The molecule has 1 aliphatic heterocycles. The number of halogens is 3. The van der Waals surface area contributed by atoms with Crippen molar-refractivity contribution in [1.29, 1.82) is 0 Å². The van der Waals surface area contributed by atoms with E-state index in [4.69, 9.17) is 9.15 Å². The zero-order valence-electron chi connectivity index (χ0n) is 17.0. The van der Waals surface area contributed by atoms with Gasteiger partial charge in [-0.1, -0.05) is 13.0 Å². The van der Waals surface area contributed by atoms with Gasteiger partial charge in [-0.3, -0.25) is 4.79 Å². The number of aromatic nitrogens is 2. The summed E-state index contributed by atoms with van der Waals surface area (Å²) in [5.41, 5.74) is -0.271. The first-order chi connectivity index (χ1) is 14.7. The predicted molar refractivity (Wildman–Crippen MR) is 108 cm³/mol. The van der Waals surface area contributed by atoms with E-state index in [2.05, 4.69) is 27.1 Å². The molecule has 3 heterocycles. The highest BCUT2D eigenvalue weighted by molar-refractivity contribution is 6.04. The molecule has 7 nitrogen and oxygen atoms in total. The average Bonchev–Trinajstić information content (AvgIpc) is 3.16. The Bertz CT molecular complexity index is 1100. The summed E-state index contributed by atoms with van der Waals surface area (Å²) in [6.07, 6.45) is -2.55. The van der Waals surface area contributed by atoms with Gasteiger partial charge in [0.25, 0.3) is 11.9 Å². The Kier molecular flexibility index (Phi) is 5.47. The Morgan fingerprint density at radius 1 is 1.23 bits per heavy atom. The maximum atomic E-state index is 12.9. The number of ether oxygens (including phenoxy) is 1. The average molecular weight is 434 g/mol. The zero-order valence-corrected chi connectivity index (χ0v) is 17.0. The van der Waals surface area contributed by atoms with Gasteiger partial charge in [-0.05, 0) is 30.9 Å². The number of oxazole rings is 1. The monoisotopic (exact) mass is 434 g/mol. The van der Waals surface area contributed by atoms with Crippen LogP contribution < -0.4 is 15.0 Å². The fraction of sp³-hybridized carbons (Fsp3) is 0.381. The maximum absolute atomic E-state index is 12.9. The Labute approximate surface area is 176 Å². The minimum atomic E-state index is -4.64. The Balaban J connectivity index is 1.60. The normalized spacial score (nSPS) is 15.3. The van der Waals surface area contributed by atoms with Gasteiger partial charge in [0.15, 0.2) is 5.58 Å². The van der Waals surface area contributed by atoms with Crippen LogP contribution in [0.15, 0.2) is 34.7 Å². The summed E-state index contributed by atoms with van der Waals surface area (Å²) in [6.45, 7) is 3.90. The molecule has 164 valence electrons. The van der Waals surface area contributed by atoms with E-state index in [1.165, 1.54) is 13.2 Å². The molecule has 1 saturated heterocycles. The third-order valence-electron chi connectivity index (χ3n) is 5.27. The SMILES string of the molecule is COc1cc2nc(N3CCC(C)CC3)oc2cc1NC(=O)c1cccc(C(F)(F)F)n1. The highest BCUT2D eigenvalue weighted by atomic mass is 19.4. The first kappa shape index (κ1) is 21.0. The second-order valence-electron chi connectivity index (χ2n) is 7.55. The standard InChI is InChI=1S/C21H21F3N4O3/c1-12-6-8-28(9-7-12)20-27-15-10-16(30-2)14(11-17(15)31-20)26-19(29)13-4-3-5-18(25-13)21(22,23)24/h3-5,10-12H,6-9H2,1-2H3,(H,26,29). The molecule has 0 bridgehead atoms. The van der Waals surface area contributed by atoms with Crippen LogP contribution in [-0.2, 0) is 6.18 Å². The highest BCUT2D eigenvalue weighted by Crippen LogP contribution is 2.34. The number of alkyl halides is 3. The van der Waals surface area contributed by atoms with E-state index in [1.54, 1.807) is 12.1 Å². The first-order valence-electron chi connectivity index (χ1n) is 9.83. The highest BCUT2D eigenvalue weighted by Gasteiger charge is 2.33.